The monoisotopic (exact) mass is 258 g/mol. The molecule has 1 aliphatic heterocycles. The number of hydrogen-bond acceptors (Lipinski definition) is 0. The van der Waals surface area contributed by atoms with Gasteiger partial charge < -0.3 is 0 Å². The van der Waals surface area contributed by atoms with Crippen molar-refractivity contribution in [3.8, 4) is 0 Å². The Bertz CT molecular complexity index is 484. The largest absolute Gasteiger partial charge is 0.477 e. The Morgan fingerprint density at radius 2 is 1.72 bits per heavy atom. The van der Waals surface area contributed by atoms with E-state index in [0.717, 1.165) is 5.56 Å². The Balaban J connectivity index is 0.00000162. The molecule has 2 rings (SSSR count). The molecule has 0 unspecified atom stereocenters. The van der Waals surface area contributed by atoms with Crippen molar-refractivity contribution < 1.29 is 17.7 Å². The predicted molar refractivity (Wildman–Crippen MR) is 67.4 cm³/mol. The molecule has 0 saturated heterocycles. The van der Waals surface area contributed by atoms with Gasteiger partial charge in [-0.15, -0.1) is 0 Å². The molecule has 1 aromatic rings. The van der Waals surface area contributed by atoms with Crippen molar-refractivity contribution in [1.82, 2.24) is 0 Å². The number of halogens is 3. The topological polar surface area (TPSA) is 3.01 Å². The second-order valence-corrected chi connectivity index (χ2v) is 5.13. The normalized spacial score (nSPS) is 18.1. The fourth-order valence-corrected chi connectivity index (χ4v) is 2.61. The summed E-state index contributed by atoms with van der Waals surface area (Å²) >= 11 is 0. The van der Waals surface area contributed by atoms with Crippen LogP contribution < -0.4 is 0 Å². The molecule has 0 fully saturated rings. The van der Waals surface area contributed by atoms with Crippen LogP contribution in [0.4, 0.5) is 13.2 Å². The van der Waals surface area contributed by atoms with Crippen molar-refractivity contribution in [3.05, 3.63) is 35.4 Å². The highest BCUT2D eigenvalue weighted by Gasteiger charge is 2.49. The van der Waals surface area contributed by atoms with E-state index in [9.17, 15) is 13.2 Å². The molecule has 0 spiro atoms. The molecule has 1 heterocycles. The van der Waals surface area contributed by atoms with Crippen LogP contribution in [0.15, 0.2) is 24.3 Å². The molecular weight excluding hydrogens is 239 g/mol. The summed E-state index contributed by atoms with van der Waals surface area (Å²) in [6.07, 6.45) is -4.30. The van der Waals surface area contributed by atoms with Gasteiger partial charge in [0.25, 0.3) is 5.71 Å². The Morgan fingerprint density at radius 3 is 2.28 bits per heavy atom. The zero-order valence-electron chi connectivity index (χ0n) is 10.1. The summed E-state index contributed by atoms with van der Waals surface area (Å²) in [6.45, 7) is 4.31. The molecule has 100 valence electrons. The van der Waals surface area contributed by atoms with Crippen LogP contribution in [0.5, 0.6) is 0 Å². The number of rotatable bonds is 0. The molecule has 4 heteroatoms. The highest BCUT2D eigenvalue weighted by atomic mass is 19.4. The Kier molecular flexibility index (Phi) is 3.61. The lowest BCUT2D eigenvalue weighted by Crippen LogP contribution is -2.44. The zero-order valence-corrected chi connectivity index (χ0v) is 10.1. The molecule has 0 saturated carbocycles. The van der Waals surface area contributed by atoms with E-state index in [4.69, 9.17) is 0 Å². The van der Waals surface area contributed by atoms with Crippen LogP contribution in [-0.2, 0) is 5.41 Å². The molecule has 1 aliphatic rings. The standard InChI is InChI=1S/C13H15F3N.CH4/c1-12(2)8-17(3)11(13(14,15)16)9-6-4-5-7-10(9)12;/h4-7H,8H2,1-3H3;1H4/q+1;. The van der Waals surface area contributed by atoms with Crippen LogP contribution in [0.1, 0.15) is 32.4 Å². The molecule has 0 atom stereocenters. The second kappa shape index (κ2) is 4.41. The molecule has 0 amide bonds. The highest BCUT2D eigenvalue weighted by molar-refractivity contribution is 6.03. The van der Waals surface area contributed by atoms with Gasteiger partial charge in [0.1, 0.15) is 7.05 Å². The van der Waals surface area contributed by atoms with Crippen molar-refractivity contribution in [2.45, 2.75) is 32.9 Å². The number of alkyl halides is 3. The van der Waals surface area contributed by atoms with Gasteiger partial charge in [0.05, 0.1) is 5.56 Å². The third kappa shape index (κ3) is 2.28. The van der Waals surface area contributed by atoms with Crippen molar-refractivity contribution >= 4 is 5.71 Å². The van der Waals surface area contributed by atoms with Crippen LogP contribution in [-0.4, -0.2) is 30.1 Å². The minimum atomic E-state index is -4.30. The van der Waals surface area contributed by atoms with E-state index in [1.54, 1.807) is 24.3 Å². The van der Waals surface area contributed by atoms with Gasteiger partial charge in [-0.1, -0.05) is 25.6 Å². The third-order valence-corrected chi connectivity index (χ3v) is 3.19. The summed E-state index contributed by atoms with van der Waals surface area (Å²) < 4.78 is 40.4. The Hall–Kier alpha value is -1.32. The summed E-state index contributed by atoms with van der Waals surface area (Å²) in [6, 6.07) is 6.78. The second-order valence-electron chi connectivity index (χ2n) is 5.13. The number of benzene rings is 1. The van der Waals surface area contributed by atoms with Gasteiger partial charge in [-0.3, -0.25) is 0 Å². The number of fused-ring (bicyclic) bond motifs is 1. The first-order valence-corrected chi connectivity index (χ1v) is 5.48. The average molecular weight is 258 g/mol. The van der Waals surface area contributed by atoms with Crippen LogP contribution in [0.2, 0.25) is 0 Å². The lowest BCUT2D eigenvalue weighted by Gasteiger charge is -2.30. The van der Waals surface area contributed by atoms with Crippen LogP contribution >= 0.6 is 0 Å². The highest BCUT2D eigenvalue weighted by Crippen LogP contribution is 2.35. The van der Waals surface area contributed by atoms with Gasteiger partial charge >= 0.3 is 6.18 Å². The predicted octanol–water partition coefficient (Wildman–Crippen LogP) is 3.61. The molecule has 18 heavy (non-hydrogen) atoms. The van der Waals surface area contributed by atoms with Crippen LogP contribution in [0, 0.1) is 0 Å². The molecule has 0 bridgehead atoms. The van der Waals surface area contributed by atoms with E-state index in [-0.39, 0.29) is 12.8 Å². The quantitative estimate of drug-likeness (QED) is 0.625. The zero-order chi connectivity index (χ0) is 12.8. The molecule has 0 aliphatic carbocycles. The van der Waals surface area contributed by atoms with Gasteiger partial charge in [0, 0.05) is 5.41 Å². The Morgan fingerprint density at radius 1 is 1.17 bits per heavy atom. The molecule has 0 N–H and O–H groups in total. The summed E-state index contributed by atoms with van der Waals surface area (Å²) in [5, 5.41) is 0. The molecule has 0 aromatic heterocycles. The average Bonchev–Trinajstić information content (AvgIpc) is 2.14. The summed E-state index contributed by atoms with van der Waals surface area (Å²) in [5.74, 6) is 0. The smallest absolute Gasteiger partial charge is 0.227 e. The van der Waals surface area contributed by atoms with Crippen molar-refractivity contribution in [2.75, 3.05) is 13.6 Å². The summed E-state index contributed by atoms with van der Waals surface area (Å²) in [5.41, 5.74) is 0.275. The first kappa shape index (κ1) is 14.7. The van der Waals surface area contributed by atoms with Gasteiger partial charge in [-0.2, -0.15) is 13.2 Å². The molecule has 1 nitrogen and oxygen atoms in total. The molecule has 1 aromatic carbocycles. The number of nitrogens with zero attached hydrogens (tertiary/aromatic N) is 1. The lowest BCUT2D eigenvalue weighted by atomic mass is 9.78. The van der Waals surface area contributed by atoms with Gasteiger partial charge in [-0.25, -0.2) is 4.58 Å². The molecular formula is C14H19F3N+. The summed E-state index contributed by atoms with van der Waals surface area (Å²) in [7, 11) is 1.50. The van der Waals surface area contributed by atoms with E-state index in [0.29, 0.717) is 12.1 Å². The lowest BCUT2D eigenvalue weighted by molar-refractivity contribution is -0.515. The van der Waals surface area contributed by atoms with E-state index < -0.39 is 11.9 Å². The molecule has 0 radical (unpaired) electrons. The number of hydrogen-bond donors (Lipinski definition) is 0. The minimum absolute atomic E-state index is 0. The fourth-order valence-electron chi connectivity index (χ4n) is 2.61. The summed E-state index contributed by atoms with van der Waals surface area (Å²) in [4.78, 5) is 0. The van der Waals surface area contributed by atoms with Crippen molar-refractivity contribution in [1.29, 1.82) is 0 Å². The van der Waals surface area contributed by atoms with E-state index in [1.165, 1.54) is 11.6 Å². The minimum Gasteiger partial charge on any atom is -0.227 e. The SMILES string of the molecule is C.C[N+]1=C(C(F)(F)F)c2ccccc2C(C)(C)C1. The first-order valence-electron chi connectivity index (χ1n) is 5.48. The van der Waals surface area contributed by atoms with E-state index >= 15 is 0 Å². The van der Waals surface area contributed by atoms with Crippen molar-refractivity contribution in [2.24, 2.45) is 0 Å². The fraction of sp³-hybridized carbons (Fsp3) is 0.500. The maximum atomic E-state index is 13.0. The van der Waals surface area contributed by atoms with Crippen LogP contribution in [0.3, 0.4) is 0 Å². The van der Waals surface area contributed by atoms with E-state index in [1.807, 2.05) is 13.8 Å². The maximum absolute atomic E-state index is 13.0. The maximum Gasteiger partial charge on any atom is 0.477 e. The van der Waals surface area contributed by atoms with Crippen LogP contribution in [0.25, 0.3) is 0 Å². The van der Waals surface area contributed by atoms with Gasteiger partial charge in [0.2, 0.25) is 0 Å². The van der Waals surface area contributed by atoms with Gasteiger partial charge in [0.15, 0.2) is 6.54 Å². The van der Waals surface area contributed by atoms with Gasteiger partial charge in [-0.05, 0) is 25.5 Å². The third-order valence-electron chi connectivity index (χ3n) is 3.19. The Labute approximate surface area is 106 Å². The van der Waals surface area contributed by atoms with Crippen molar-refractivity contribution in [3.63, 3.8) is 0 Å². The van der Waals surface area contributed by atoms with E-state index in [2.05, 4.69) is 0 Å². The number of likely N-dealkylation sites (N-methyl/N-ethyl adjacent to an activating group) is 1. The first-order chi connectivity index (χ1) is 7.73.